The highest BCUT2D eigenvalue weighted by atomic mass is 16.6. The molecule has 0 aliphatic heterocycles. The average molecular weight is 424 g/mol. The molecule has 162 valence electrons. The van der Waals surface area contributed by atoms with E-state index in [-0.39, 0.29) is 23.5 Å². The van der Waals surface area contributed by atoms with Crippen molar-refractivity contribution < 1.29 is 14.5 Å². The lowest BCUT2D eigenvalue weighted by Gasteiger charge is -2.19. The van der Waals surface area contributed by atoms with Gasteiger partial charge in [0.2, 0.25) is 0 Å². The first-order valence-corrected chi connectivity index (χ1v) is 9.93. The van der Waals surface area contributed by atoms with E-state index in [1.807, 2.05) is 32.9 Å². The number of rotatable bonds is 7. The van der Waals surface area contributed by atoms with Crippen molar-refractivity contribution in [3.05, 3.63) is 63.8 Å². The number of anilines is 1. The minimum atomic E-state index is -0.517. The summed E-state index contributed by atoms with van der Waals surface area (Å²) in [7, 11) is 0. The van der Waals surface area contributed by atoms with E-state index in [1.54, 1.807) is 17.0 Å². The molecule has 10 nitrogen and oxygen atoms in total. The van der Waals surface area contributed by atoms with E-state index in [4.69, 9.17) is 0 Å². The monoisotopic (exact) mass is 424 g/mol. The Bertz CT molecular complexity index is 1100. The highest BCUT2D eigenvalue weighted by molar-refractivity contribution is 6.05. The van der Waals surface area contributed by atoms with Gasteiger partial charge in [-0.25, -0.2) is 4.79 Å². The number of nitro groups is 1. The molecule has 1 heterocycles. The Morgan fingerprint density at radius 2 is 1.84 bits per heavy atom. The summed E-state index contributed by atoms with van der Waals surface area (Å²) in [6.07, 6.45) is 0. The molecule has 2 aromatic carbocycles. The molecule has 3 amide bonds. The zero-order valence-corrected chi connectivity index (χ0v) is 17.5. The van der Waals surface area contributed by atoms with Crippen LogP contribution in [0, 0.1) is 10.1 Å². The molecule has 0 saturated carbocycles. The van der Waals surface area contributed by atoms with Crippen LogP contribution in [0.5, 0.6) is 0 Å². The summed E-state index contributed by atoms with van der Waals surface area (Å²) in [5.41, 5.74) is 2.01. The van der Waals surface area contributed by atoms with Gasteiger partial charge < -0.3 is 15.5 Å². The Kier molecular flexibility index (Phi) is 6.49. The van der Waals surface area contributed by atoms with Crippen LogP contribution >= 0.6 is 0 Å². The summed E-state index contributed by atoms with van der Waals surface area (Å²) in [6, 6.07) is 10.9. The number of nitrogens with one attached hydrogen (secondary N) is 3. The summed E-state index contributed by atoms with van der Waals surface area (Å²) < 4.78 is 0. The second-order valence-corrected chi connectivity index (χ2v) is 6.98. The number of fused-ring (bicyclic) bond motifs is 1. The van der Waals surface area contributed by atoms with E-state index in [0.717, 1.165) is 5.56 Å². The van der Waals surface area contributed by atoms with E-state index in [9.17, 15) is 19.7 Å². The standard InChI is InChI=1S/C21H24N6O4/c1-4-26(5-2)21(29)23-15-8-6-14(7-9-15)13(3)22-20(28)19-17-12-16(27(30)31)10-11-18(17)24-25-19/h6-13H,4-5H2,1-3H3,(H,22,28)(H,23,29)(H,24,25)/t13-/m1/s1. The van der Waals surface area contributed by atoms with Gasteiger partial charge >= 0.3 is 6.03 Å². The fourth-order valence-electron chi connectivity index (χ4n) is 3.21. The van der Waals surface area contributed by atoms with Gasteiger partial charge in [0.15, 0.2) is 5.69 Å². The summed E-state index contributed by atoms with van der Waals surface area (Å²) >= 11 is 0. The van der Waals surface area contributed by atoms with Crippen molar-refractivity contribution >= 4 is 34.2 Å². The Balaban J connectivity index is 1.70. The molecule has 0 aliphatic carbocycles. The van der Waals surface area contributed by atoms with E-state index in [2.05, 4.69) is 20.8 Å². The van der Waals surface area contributed by atoms with Crippen molar-refractivity contribution in [1.82, 2.24) is 20.4 Å². The lowest BCUT2D eigenvalue weighted by atomic mass is 10.1. The van der Waals surface area contributed by atoms with Crippen molar-refractivity contribution in [2.75, 3.05) is 18.4 Å². The van der Waals surface area contributed by atoms with Gasteiger partial charge in [0.1, 0.15) is 0 Å². The summed E-state index contributed by atoms with van der Waals surface area (Å²) in [5.74, 6) is -0.446. The highest BCUT2D eigenvalue weighted by Crippen LogP contribution is 2.23. The van der Waals surface area contributed by atoms with Crippen LogP contribution in [0.3, 0.4) is 0 Å². The molecule has 1 aromatic heterocycles. The van der Waals surface area contributed by atoms with Crippen LogP contribution in [-0.2, 0) is 0 Å². The van der Waals surface area contributed by atoms with Crippen molar-refractivity contribution in [3.63, 3.8) is 0 Å². The van der Waals surface area contributed by atoms with Crippen LogP contribution < -0.4 is 10.6 Å². The van der Waals surface area contributed by atoms with E-state index < -0.39 is 10.8 Å². The largest absolute Gasteiger partial charge is 0.344 e. The molecule has 0 radical (unpaired) electrons. The van der Waals surface area contributed by atoms with Crippen LogP contribution in [0.4, 0.5) is 16.2 Å². The van der Waals surface area contributed by atoms with Crippen LogP contribution in [0.25, 0.3) is 10.9 Å². The van der Waals surface area contributed by atoms with Crippen LogP contribution in [0.1, 0.15) is 42.9 Å². The van der Waals surface area contributed by atoms with Crippen molar-refractivity contribution in [2.24, 2.45) is 0 Å². The van der Waals surface area contributed by atoms with Gasteiger partial charge in [-0.2, -0.15) is 5.10 Å². The average Bonchev–Trinajstić information content (AvgIpc) is 3.18. The number of hydrogen-bond acceptors (Lipinski definition) is 5. The fraction of sp³-hybridized carbons (Fsp3) is 0.286. The molecule has 0 spiro atoms. The quantitative estimate of drug-likeness (QED) is 0.391. The van der Waals surface area contributed by atoms with Gasteiger partial charge in [-0.15, -0.1) is 0 Å². The van der Waals surface area contributed by atoms with Crippen LogP contribution in [-0.4, -0.2) is 45.0 Å². The summed E-state index contributed by atoms with van der Waals surface area (Å²) in [6.45, 7) is 6.89. The van der Waals surface area contributed by atoms with E-state index >= 15 is 0 Å². The predicted octanol–water partition coefficient (Wildman–Crippen LogP) is 3.84. The van der Waals surface area contributed by atoms with Crippen molar-refractivity contribution in [1.29, 1.82) is 0 Å². The second-order valence-electron chi connectivity index (χ2n) is 6.98. The molecule has 0 aliphatic rings. The molecule has 0 saturated heterocycles. The number of nitro benzene ring substituents is 1. The van der Waals surface area contributed by atoms with Gasteiger partial charge in [-0.05, 0) is 44.5 Å². The molecular formula is C21H24N6O4. The van der Waals surface area contributed by atoms with Gasteiger partial charge in [0.25, 0.3) is 11.6 Å². The third-order valence-corrected chi connectivity index (χ3v) is 5.03. The zero-order valence-electron chi connectivity index (χ0n) is 17.5. The molecule has 1 atom stereocenters. The van der Waals surface area contributed by atoms with Gasteiger partial charge in [0, 0.05) is 36.3 Å². The van der Waals surface area contributed by atoms with Gasteiger partial charge in [-0.3, -0.25) is 20.0 Å². The van der Waals surface area contributed by atoms with Crippen LogP contribution in [0.2, 0.25) is 0 Å². The van der Waals surface area contributed by atoms with Crippen LogP contribution in [0.15, 0.2) is 42.5 Å². The Morgan fingerprint density at radius 1 is 1.16 bits per heavy atom. The minimum Gasteiger partial charge on any atom is -0.344 e. The lowest BCUT2D eigenvalue weighted by Crippen LogP contribution is -2.34. The van der Waals surface area contributed by atoms with Crippen molar-refractivity contribution in [2.45, 2.75) is 26.8 Å². The maximum absolute atomic E-state index is 12.7. The number of H-pyrrole nitrogens is 1. The molecule has 31 heavy (non-hydrogen) atoms. The highest BCUT2D eigenvalue weighted by Gasteiger charge is 2.19. The smallest absolute Gasteiger partial charge is 0.321 e. The molecular weight excluding hydrogens is 400 g/mol. The number of benzene rings is 2. The zero-order chi connectivity index (χ0) is 22.5. The van der Waals surface area contributed by atoms with E-state index in [0.29, 0.717) is 29.7 Å². The number of hydrogen-bond donors (Lipinski definition) is 3. The summed E-state index contributed by atoms with van der Waals surface area (Å²) in [5, 5.41) is 23.8. The topological polar surface area (TPSA) is 133 Å². The lowest BCUT2D eigenvalue weighted by molar-refractivity contribution is -0.384. The molecule has 0 bridgehead atoms. The SMILES string of the molecule is CCN(CC)C(=O)Nc1ccc([C@@H](C)NC(=O)c2n[nH]c3ccc([N+](=O)[O-])cc23)cc1. The second kappa shape index (κ2) is 9.24. The maximum atomic E-state index is 12.7. The molecule has 3 aromatic rings. The number of non-ortho nitro benzene ring substituents is 1. The van der Waals surface area contributed by atoms with Gasteiger partial charge in [0.05, 0.1) is 16.5 Å². The Hall–Kier alpha value is -3.95. The van der Waals surface area contributed by atoms with Crippen molar-refractivity contribution in [3.8, 4) is 0 Å². The first-order chi connectivity index (χ1) is 14.8. The molecule has 3 rings (SSSR count). The third kappa shape index (κ3) is 4.80. The number of aromatic amines is 1. The molecule has 10 heteroatoms. The Morgan fingerprint density at radius 3 is 2.45 bits per heavy atom. The normalized spacial score (nSPS) is 11.7. The summed E-state index contributed by atoms with van der Waals surface area (Å²) in [4.78, 5) is 37.0. The molecule has 0 unspecified atom stereocenters. The predicted molar refractivity (Wildman–Crippen MR) is 117 cm³/mol. The van der Waals surface area contributed by atoms with E-state index in [1.165, 1.54) is 18.2 Å². The first-order valence-electron chi connectivity index (χ1n) is 9.93. The number of carbonyl (C=O) groups is 2. The fourth-order valence-corrected chi connectivity index (χ4v) is 3.21. The number of urea groups is 1. The number of nitrogens with zero attached hydrogens (tertiary/aromatic N) is 3. The number of amides is 3. The minimum absolute atomic E-state index is 0.0913. The maximum Gasteiger partial charge on any atom is 0.321 e. The Labute approximate surface area is 178 Å². The molecule has 0 fully saturated rings. The first kappa shape index (κ1) is 21.8. The number of carbonyl (C=O) groups excluding carboxylic acids is 2. The number of aromatic nitrogens is 2. The molecule has 3 N–H and O–H groups in total. The third-order valence-electron chi connectivity index (χ3n) is 5.03. The van der Waals surface area contributed by atoms with Gasteiger partial charge in [-0.1, -0.05) is 12.1 Å².